The average Bonchev–Trinajstić information content (AvgIpc) is 3.22. The molecule has 0 spiro atoms. The normalized spacial score (nSPS) is 14.5. The van der Waals surface area contributed by atoms with Gasteiger partial charge in [-0.2, -0.15) is 13.2 Å². The highest BCUT2D eigenvalue weighted by Gasteiger charge is 2.33. The molecule has 10 heteroatoms. The Hall–Kier alpha value is -3.17. The van der Waals surface area contributed by atoms with E-state index in [-0.39, 0.29) is 18.3 Å². The molecule has 0 atom stereocenters. The first-order valence-corrected chi connectivity index (χ1v) is 9.51. The predicted molar refractivity (Wildman–Crippen MR) is 104 cm³/mol. The lowest BCUT2D eigenvalue weighted by atomic mass is 10.1. The quantitative estimate of drug-likeness (QED) is 0.738. The van der Waals surface area contributed by atoms with Gasteiger partial charge in [0.2, 0.25) is 0 Å². The summed E-state index contributed by atoms with van der Waals surface area (Å²) in [6.07, 6.45) is 0.873. The molecular weight excluding hydrogens is 399 g/mol. The molecule has 0 aromatic carbocycles. The van der Waals surface area contributed by atoms with Crippen molar-refractivity contribution in [1.82, 2.24) is 14.9 Å². The number of hydrogen-bond donors (Lipinski definition) is 2. The third kappa shape index (κ3) is 5.05. The zero-order valence-corrected chi connectivity index (χ0v) is 16.4. The van der Waals surface area contributed by atoms with Gasteiger partial charge in [-0.05, 0) is 43.5 Å². The van der Waals surface area contributed by atoms with E-state index in [1.165, 1.54) is 17.2 Å². The van der Waals surface area contributed by atoms with Crippen LogP contribution in [0, 0.1) is 6.92 Å². The Labute approximate surface area is 171 Å². The molecule has 0 radical (unpaired) electrons. The summed E-state index contributed by atoms with van der Waals surface area (Å²) in [5, 5.41) is 2.51. The van der Waals surface area contributed by atoms with E-state index in [1.54, 1.807) is 13.0 Å². The zero-order valence-electron chi connectivity index (χ0n) is 16.4. The topological polar surface area (TPSA) is 101 Å². The molecule has 160 valence electrons. The van der Waals surface area contributed by atoms with Gasteiger partial charge < -0.3 is 16.0 Å². The molecule has 1 fully saturated rings. The Bertz CT molecular complexity index is 925. The van der Waals surface area contributed by atoms with Gasteiger partial charge in [0.1, 0.15) is 5.82 Å². The van der Waals surface area contributed by atoms with Gasteiger partial charge in [-0.3, -0.25) is 14.6 Å². The molecule has 1 aliphatic rings. The minimum absolute atomic E-state index is 0.0475. The molecule has 1 saturated carbocycles. The van der Waals surface area contributed by atoms with Crippen LogP contribution < -0.4 is 11.1 Å². The minimum atomic E-state index is -4.49. The van der Waals surface area contributed by atoms with Crippen molar-refractivity contribution in [2.45, 2.75) is 51.4 Å². The first kappa shape index (κ1) is 21.5. The van der Waals surface area contributed by atoms with Gasteiger partial charge in [0.15, 0.2) is 0 Å². The van der Waals surface area contributed by atoms with Gasteiger partial charge in [-0.1, -0.05) is 12.8 Å². The molecule has 3 rings (SSSR count). The van der Waals surface area contributed by atoms with E-state index in [0.717, 1.165) is 37.9 Å². The first-order chi connectivity index (χ1) is 14.1. The van der Waals surface area contributed by atoms with E-state index >= 15 is 0 Å². The molecule has 2 amide bonds. The van der Waals surface area contributed by atoms with Gasteiger partial charge >= 0.3 is 18.0 Å². The fourth-order valence-electron chi connectivity index (χ4n) is 3.41. The number of amides is 2. The van der Waals surface area contributed by atoms with E-state index < -0.39 is 23.6 Å². The largest absolute Gasteiger partial charge is 0.417 e. The van der Waals surface area contributed by atoms with Crippen molar-refractivity contribution < 1.29 is 22.8 Å². The van der Waals surface area contributed by atoms with Crippen LogP contribution in [0.5, 0.6) is 0 Å². The van der Waals surface area contributed by atoms with Crippen LogP contribution in [0.2, 0.25) is 0 Å². The number of nitrogen functional groups attached to an aromatic ring is 1. The second-order valence-corrected chi connectivity index (χ2v) is 7.29. The number of nitrogens with two attached hydrogens (primary N) is 1. The van der Waals surface area contributed by atoms with Crippen molar-refractivity contribution in [1.29, 1.82) is 0 Å². The van der Waals surface area contributed by atoms with Crippen LogP contribution in [0.3, 0.4) is 0 Å². The summed E-state index contributed by atoms with van der Waals surface area (Å²) in [6.45, 7) is 1.68. The number of alkyl halides is 3. The maximum absolute atomic E-state index is 12.9. The Morgan fingerprint density at radius 1 is 1.20 bits per heavy atom. The lowest BCUT2D eigenvalue weighted by molar-refractivity contribution is -0.145. The van der Waals surface area contributed by atoms with E-state index in [4.69, 9.17) is 5.73 Å². The molecule has 0 aliphatic heterocycles. The van der Waals surface area contributed by atoms with E-state index in [9.17, 15) is 22.8 Å². The van der Waals surface area contributed by atoms with Crippen LogP contribution >= 0.6 is 0 Å². The van der Waals surface area contributed by atoms with Crippen LogP contribution in [0.25, 0.3) is 0 Å². The molecule has 0 unspecified atom stereocenters. The number of nitrogens with zero attached hydrogens (tertiary/aromatic N) is 3. The number of halogens is 3. The molecule has 2 heterocycles. The molecule has 1 aliphatic carbocycles. The van der Waals surface area contributed by atoms with Crippen molar-refractivity contribution in [3.63, 3.8) is 0 Å². The monoisotopic (exact) mass is 421 g/mol. The molecule has 2 aromatic rings. The van der Waals surface area contributed by atoms with E-state index in [1.807, 2.05) is 0 Å². The number of pyridine rings is 2. The maximum atomic E-state index is 12.9. The molecule has 0 saturated heterocycles. The van der Waals surface area contributed by atoms with Crippen LogP contribution in [0.4, 0.5) is 24.7 Å². The number of carbonyl (C=O) groups is 2. The van der Waals surface area contributed by atoms with Gasteiger partial charge in [-0.15, -0.1) is 0 Å². The van der Waals surface area contributed by atoms with E-state index in [0.29, 0.717) is 17.1 Å². The second-order valence-electron chi connectivity index (χ2n) is 7.29. The summed E-state index contributed by atoms with van der Waals surface area (Å²) in [4.78, 5) is 34.6. The lowest BCUT2D eigenvalue weighted by Crippen LogP contribution is -2.44. The average molecular weight is 421 g/mol. The molecule has 3 N–H and O–H groups in total. The second kappa shape index (κ2) is 8.68. The van der Waals surface area contributed by atoms with Gasteiger partial charge in [-0.25, -0.2) is 4.98 Å². The van der Waals surface area contributed by atoms with Crippen molar-refractivity contribution >= 4 is 23.3 Å². The van der Waals surface area contributed by atoms with Gasteiger partial charge in [0, 0.05) is 12.2 Å². The molecular formula is C20H22F3N5O2. The molecule has 30 heavy (non-hydrogen) atoms. The Kier molecular flexibility index (Phi) is 6.23. The van der Waals surface area contributed by atoms with Crippen molar-refractivity contribution in [3.05, 3.63) is 47.4 Å². The third-order valence-electron chi connectivity index (χ3n) is 5.08. The highest BCUT2D eigenvalue weighted by atomic mass is 19.4. The van der Waals surface area contributed by atoms with Crippen LogP contribution in [-0.4, -0.2) is 32.7 Å². The summed E-state index contributed by atoms with van der Waals surface area (Å²) in [7, 11) is 0. The zero-order chi connectivity index (χ0) is 21.9. The predicted octanol–water partition coefficient (Wildman–Crippen LogP) is 3.30. The van der Waals surface area contributed by atoms with Crippen molar-refractivity contribution in [2.75, 3.05) is 11.1 Å². The summed E-state index contributed by atoms with van der Waals surface area (Å²) >= 11 is 0. The Balaban J connectivity index is 1.76. The number of hydrogen-bond acceptors (Lipinski definition) is 5. The Morgan fingerprint density at radius 3 is 2.47 bits per heavy atom. The lowest BCUT2D eigenvalue weighted by Gasteiger charge is -2.28. The third-order valence-corrected chi connectivity index (χ3v) is 5.08. The highest BCUT2D eigenvalue weighted by Crippen LogP contribution is 2.29. The molecule has 0 bridgehead atoms. The number of aryl methyl sites for hydroxylation is 1. The SMILES string of the molecule is Cc1cc(NC(=O)C(=O)N(Cc2ccc(C(F)(F)F)cn2)C2CCCC2)cnc1N. The summed E-state index contributed by atoms with van der Waals surface area (Å²) in [5.41, 5.74) is 6.06. The highest BCUT2D eigenvalue weighted by molar-refractivity contribution is 6.39. The minimum Gasteiger partial charge on any atom is -0.383 e. The number of aromatic nitrogens is 2. The van der Waals surface area contributed by atoms with Crippen LogP contribution in [-0.2, 0) is 22.3 Å². The number of rotatable bonds is 4. The fraction of sp³-hybridized carbons (Fsp3) is 0.400. The number of carbonyl (C=O) groups excluding carboxylic acids is 2. The van der Waals surface area contributed by atoms with Crippen LogP contribution in [0.15, 0.2) is 30.6 Å². The number of anilines is 2. The maximum Gasteiger partial charge on any atom is 0.417 e. The van der Waals surface area contributed by atoms with E-state index in [2.05, 4.69) is 15.3 Å². The van der Waals surface area contributed by atoms with Crippen molar-refractivity contribution in [2.24, 2.45) is 0 Å². The summed E-state index contributed by atoms with van der Waals surface area (Å²) in [5.74, 6) is -1.29. The first-order valence-electron chi connectivity index (χ1n) is 9.51. The van der Waals surface area contributed by atoms with Crippen LogP contribution in [0.1, 0.15) is 42.5 Å². The fourth-order valence-corrected chi connectivity index (χ4v) is 3.41. The van der Waals surface area contributed by atoms with Crippen molar-refractivity contribution in [3.8, 4) is 0 Å². The summed E-state index contributed by atoms with van der Waals surface area (Å²) in [6, 6.07) is 3.58. The molecule has 7 nitrogen and oxygen atoms in total. The Morgan fingerprint density at radius 2 is 1.90 bits per heavy atom. The molecule has 2 aromatic heterocycles. The van der Waals surface area contributed by atoms with Gasteiger partial charge in [0.25, 0.3) is 0 Å². The summed E-state index contributed by atoms with van der Waals surface area (Å²) < 4.78 is 38.3. The smallest absolute Gasteiger partial charge is 0.383 e. The standard InChI is InChI=1S/C20H22F3N5O2/c1-12-8-15(10-26-17(12)24)27-18(29)19(30)28(16-4-2-3-5-16)11-14-7-6-13(9-25-14)20(21,22)23/h6-10,16H,2-5,11H2,1H3,(H2,24,26)(H,27,29). The number of nitrogens with one attached hydrogen (secondary N) is 1. The van der Waals surface area contributed by atoms with Gasteiger partial charge in [0.05, 0.1) is 29.7 Å².